The third-order valence-corrected chi connectivity index (χ3v) is 4.85. The number of nitrogens with zero attached hydrogens (tertiary/aromatic N) is 1. The van der Waals surface area contributed by atoms with Crippen molar-refractivity contribution >= 4 is 32.6 Å². The van der Waals surface area contributed by atoms with Gasteiger partial charge in [-0.2, -0.15) is 0 Å². The fourth-order valence-corrected chi connectivity index (χ4v) is 3.71. The fraction of sp³-hybridized carbons (Fsp3) is 0.120. The van der Waals surface area contributed by atoms with Crippen LogP contribution in [0.4, 0.5) is 0 Å². The van der Waals surface area contributed by atoms with Crippen molar-refractivity contribution in [3.05, 3.63) is 90.5 Å². The average Bonchev–Trinajstić information content (AvgIpc) is 3.05. The fourth-order valence-electron chi connectivity index (χ4n) is 3.71. The van der Waals surface area contributed by atoms with Crippen LogP contribution in [0.5, 0.6) is 0 Å². The molecule has 0 aliphatic heterocycles. The summed E-state index contributed by atoms with van der Waals surface area (Å²) in [7, 11) is 0. The highest BCUT2D eigenvalue weighted by atomic mass is 15.0. The number of benzene rings is 4. The molecule has 0 saturated carbocycles. The smallest absolute Gasteiger partial charge is 0.0547 e. The summed E-state index contributed by atoms with van der Waals surface area (Å²) in [6, 6.07) is 30.6. The standard InChI is InChI=1S/C23H17N.C2H6/c1-16-10-13-18(14-11-16)24-21-9-5-4-8-20(21)23-19-7-3-2-6-17(19)12-15-22(23)24;1-2/h2-15H,1H3;1-2H3. The number of hydrogen-bond donors (Lipinski definition) is 0. The van der Waals surface area contributed by atoms with Crippen molar-refractivity contribution < 1.29 is 0 Å². The van der Waals surface area contributed by atoms with Gasteiger partial charge >= 0.3 is 0 Å². The first kappa shape index (κ1) is 16.4. The van der Waals surface area contributed by atoms with Crippen LogP contribution >= 0.6 is 0 Å². The van der Waals surface area contributed by atoms with Gasteiger partial charge in [0.05, 0.1) is 11.0 Å². The van der Waals surface area contributed by atoms with Crippen LogP contribution in [0.2, 0.25) is 0 Å². The topological polar surface area (TPSA) is 4.93 Å². The Bertz CT molecular complexity index is 1190. The zero-order valence-corrected chi connectivity index (χ0v) is 15.5. The first-order chi connectivity index (χ1) is 12.8. The number of aryl methyl sites for hydroxylation is 1. The van der Waals surface area contributed by atoms with E-state index in [1.165, 1.54) is 43.8 Å². The Morgan fingerprint density at radius 2 is 1.23 bits per heavy atom. The van der Waals surface area contributed by atoms with Gasteiger partial charge in [0.2, 0.25) is 0 Å². The maximum atomic E-state index is 2.37. The molecule has 0 fully saturated rings. The van der Waals surface area contributed by atoms with Gasteiger partial charge in [0, 0.05) is 16.5 Å². The Morgan fingerprint density at radius 3 is 2.00 bits per heavy atom. The molecule has 26 heavy (non-hydrogen) atoms. The molecular formula is C25H23N. The van der Waals surface area contributed by atoms with Gasteiger partial charge in [-0.1, -0.05) is 80.1 Å². The third-order valence-electron chi connectivity index (χ3n) is 4.85. The summed E-state index contributed by atoms with van der Waals surface area (Å²) in [5.41, 5.74) is 5.01. The molecule has 0 bridgehead atoms. The van der Waals surface area contributed by atoms with E-state index in [0.717, 1.165) is 0 Å². The van der Waals surface area contributed by atoms with Crippen molar-refractivity contribution in [2.24, 2.45) is 0 Å². The molecule has 0 aliphatic rings. The second-order valence-electron chi connectivity index (χ2n) is 6.37. The highest BCUT2D eigenvalue weighted by Gasteiger charge is 2.13. The van der Waals surface area contributed by atoms with Crippen LogP contribution in [-0.4, -0.2) is 4.57 Å². The molecular weight excluding hydrogens is 314 g/mol. The Morgan fingerprint density at radius 1 is 0.577 bits per heavy atom. The van der Waals surface area contributed by atoms with E-state index in [-0.39, 0.29) is 0 Å². The van der Waals surface area contributed by atoms with Gasteiger partial charge in [-0.25, -0.2) is 0 Å². The molecule has 0 aliphatic carbocycles. The lowest BCUT2D eigenvalue weighted by molar-refractivity contribution is 1.18. The number of rotatable bonds is 1. The predicted octanol–water partition coefficient (Wildman–Crippen LogP) is 7.27. The van der Waals surface area contributed by atoms with E-state index in [1.54, 1.807) is 0 Å². The molecule has 5 aromatic rings. The minimum atomic E-state index is 1.21. The monoisotopic (exact) mass is 337 g/mol. The third kappa shape index (κ3) is 2.48. The second-order valence-corrected chi connectivity index (χ2v) is 6.37. The van der Waals surface area contributed by atoms with Crippen LogP contribution in [0.1, 0.15) is 19.4 Å². The van der Waals surface area contributed by atoms with Crippen LogP contribution in [0, 0.1) is 6.92 Å². The van der Waals surface area contributed by atoms with Crippen LogP contribution in [0.15, 0.2) is 84.9 Å². The summed E-state index contributed by atoms with van der Waals surface area (Å²) in [6.07, 6.45) is 0. The minimum absolute atomic E-state index is 1.21. The van der Waals surface area contributed by atoms with Gasteiger partial charge in [0.25, 0.3) is 0 Å². The van der Waals surface area contributed by atoms with Crippen molar-refractivity contribution in [3.63, 3.8) is 0 Å². The van der Waals surface area contributed by atoms with Crippen molar-refractivity contribution in [2.75, 3.05) is 0 Å². The number of hydrogen-bond acceptors (Lipinski definition) is 0. The van der Waals surface area contributed by atoms with Crippen molar-refractivity contribution in [1.82, 2.24) is 4.57 Å². The van der Waals surface area contributed by atoms with Gasteiger partial charge in [0.15, 0.2) is 0 Å². The van der Waals surface area contributed by atoms with Crippen LogP contribution in [-0.2, 0) is 0 Å². The van der Waals surface area contributed by atoms with E-state index in [1.807, 2.05) is 13.8 Å². The molecule has 0 atom stereocenters. The van der Waals surface area contributed by atoms with Gasteiger partial charge < -0.3 is 4.57 Å². The lowest BCUT2D eigenvalue weighted by atomic mass is 10.0. The predicted molar refractivity (Wildman–Crippen MR) is 114 cm³/mol. The zero-order valence-electron chi connectivity index (χ0n) is 15.5. The average molecular weight is 337 g/mol. The van der Waals surface area contributed by atoms with Gasteiger partial charge in [-0.15, -0.1) is 0 Å². The van der Waals surface area contributed by atoms with Crippen LogP contribution < -0.4 is 0 Å². The van der Waals surface area contributed by atoms with Crippen LogP contribution in [0.25, 0.3) is 38.3 Å². The maximum absolute atomic E-state index is 2.37. The summed E-state index contributed by atoms with van der Waals surface area (Å²) < 4.78 is 2.37. The highest BCUT2D eigenvalue weighted by molar-refractivity contribution is 6.21. The van der Waals surface area contributed by atoms with E-state index < -0.39 is 0 Å². The van der Waals surface area contributed by atoms with E-state index in [2.05, 4.69) is 96.4 Å². The van der Waals surface area contributed by atoms with Crippen molar-refractivity contribution in [2.45, 2.75) is 20.8 Å². The summed E-state index contributed by atoms with van der Waals surface area (Å²) in [6.45, 7) is 6.13. The molecule has 0 unspecified atom stereocenters. The molecule has 1 nitrogen and oxygen atoms in total. The Hall–Kier alpha value is -3.06. The van der Waals surface area contributed by atoms with E-state index in [9.17, 15) is 0 Å². The molecule has 0 saturated heterocycles. The zero-order chi connectivity index (χ0) is 18.1. The Kier molecular flexibility index (Phi) is 4.22. The maximum Gasteiger partial charge on any atom is 0.0547 e. The van der Waals surface area contributed by atoms with E-state index in [0.29, 0.717) is 0 Å². The van der Waals surface area contributed by atoms with Crippen molar-refractivity contribution in [3.8, 4) is 5.69 Å². The van der Waals surface area contributed by atoms with Gasteiger partial charge in [-0.05, 0) is 42.0 Å². The minimum Gasteiger partial charge on any atom is -0.309 e. The first-order valence-electron chi connectivity index (χ1n) is 9.31. The molecule has 0 spiro atoms. The summed E-state index contributed by atoms with van der Waals surface area (Å²) in [4.78, 5) is 0. The number of fused-ring (bicyclic) bond motifs is 5. The Balaban J connectivity index is 0.000000814. The lowest BCUT2D eigenvalue weighted by Crippen LogP contribution is -1.93. The summed E-state index contributed by atoms with van der Waals surface area (Å²) in [5.74, 6) is 0. The summed E-state index contributed by atoms with van der Waals surface area (Å²) >= 11 is 0. The quantitative estimate of drug-likeness (QED) is 0.303. The van der Waals surface area contributed by atoms with Crippen molar-refractivity contribution in [1.29, 1.82) is 0 Å². The highest BCUT2D eigenvalue weighted by Crippen LogP contribution is 2.36. The first-order valence-corrected chi connectivity index (χ1v) is 9.31. The molecule has 0 N–H and O–H groups in total. The molecule has 1 heteroatoms. The van der Waals surface area contributed by atoms with Gasteiger partial charge in [-0.3, -0.25) is 0 Å². The van der Waals surface area contributed by atoms with E-state index >= 15 is 0 Å². The second kappa shape index (κ2) is 6.68. The Labute approximate surface area is 154 Å². The largest absolute Gasteiger partial charge is 0.309 e. The molecule has 0 amide bonds. The van der Waals surface area contributed by atoms with E-state index in [4.69, 9.17) is 0 Å². The van der Waals surface area contributed by atoms with Gasteiger partial charge in [0.1, 0.15) is 0 Å². The number of para-hydroxylation sites is 1. The SMILES string of the molecule is CC.Cc1ccc(-n2c3ccccc3c3c4ccccc4ccc32)cc1. The number of aromatic nitrogens is 1. The molecule has 128 valence electrons. The molecule has 5 rings (SSSR count). The molecule has 1 aromatic heterocycles. The lowest BCUT2D eigenvalue weighted by Gasteiger charge is -2.08. The van der Waals surface area contributed by atoms with Crippen LogP contribution in [0.3, 0.4) is 0 Å². The molecule has 0 radical (unpaired) electrons. The molecule has 4 aromatic carbocycles. The summed E-state index contributed by atoms with van der Waals surface area (Å²) in [5, 5.41) is 5.25. The normalized spacial score (nSPS) is 10.9. The molecule has 1 heterocycles.